The van der Waals surface area contributed by atoms with E-state index in [2.05, 4.69) is 36.1 Å². The van der Waals surface area contributed by atoms with E-state index in [1.54, 1.807) is 4.90 Å². The molecule has 6 atom stereocenters. The molecule has 318 valence electrons. The van der Waals surface area contributed by atoms with Crippen LogP contribution in [0.3, 0.4) is 0 Å². The summed E-state index contributed by atoms with van der Waals surface area (Å²) in [5.41, 5.74) is -1.77. The first kappa shape index (κ1) is 43.1. The number of Topliss-reactive ketones (excluding diaryl/α,β-unsaturated/α-hetero) is 1. The van der Waals surface area contributed by atoms with Crippen LogP contribution in [0.5, 0.6) is 0 Å². The van der Waals surface area contributed by atoms with Crippen molar-refractivity contribution in [3.63, 3.8) is 0 Å². The van der Waals surface area contributed by atoms with Crippen LogP contribution >= 0.6 is 0 Å². The third kappa shape index (κ3) is 9.21. The van der Waals surface area contributed by atoms with Crippen molar-refractivity contribution in [2.75, 3.05) is 19.6 Å². The average Bonchev–Trinajstić information content (AvgIpc) is 3.62. The van der Waals surface area contributed by atoms with Crippen molar-refractivity contribution >= 4 is 41.2 Å². The Morgan fingerprint density at radius 1 is 0.914 bits per heavy atom. The summed E-state index contributed by atoms with van der Waals surface area (Å²) in [4.78, 5) is 112. The minimum atomic E-state index is -1.14. The van der Waals surface area contributed by atoms with Crippen molar-refractivity contribution in [3.05, 3.63) is 24.3 Å². The van der Waals surface area contributed by atoms with E-state index in [1.165, 1.54) is 23.5 Å². The van der Waals surface area contributed by atoms with Gasteiger partial charge >= 0.3 is 0 Å². The lowest BCUT2D eigenvalue weighted by molar-refractivity contribution is -0.145. The topological polar surface area (TPSA) is 203 Å². The number of carbonyl (C=O) groups excluding carboxylic acids is 7. The summed E-state index contributed by atoms with van der Waals surface area (Å²) in [5.74, 6) is -3.64. The zero-order chi connectivity index (χ0) is 41.9. The molecule has 16 nitrogen and oxygen atoms in total. The Kier molecular flexibility index (Phi) is 13.2. The summed E-state index contributed by atoms with van der Waals surface area (Å²) in [6, 6.07) is -4.74. The molecule has 4 heterocycles. The lowest BCUT2D eigenvalue weighted by Crippen LogP contribution is -2.62. The number of ketones is 1. The Morgan fingerprint density at radius 3 is 2.26 bits per heavy atom. The lowest BCUT2D eigenvalue weighted by atomic mass is 9.82. The number of nitrogens with one attached hydrogen (secondary N) is 4. The molecule has 2 saturated carbocycles. The van der Waals surface area contributed by atoms with Gasteiger partial charge in [0, 0.05) is 37.9 Å². The number of likely N-dealkylation sites (N-methyl/N-ethyl adjacent to an activating group) is 1. The van der Waals surface area contributed by atoms with Crippen LogP contribution in [0, 0.1) is 17.3 Å². The van der Waals surface area contributed by atoms with Crippen LogP contribution in [0.15, 0.2) is 18.6 Å². The van der Waals surface area contributed by atoms with Gasteiger partial charge in [0.2, 0.25) is 29.4 Å². The standard InChI is InChI=1S/C42H63N9O7/c1-7-50-39(57)30-14-11-21-51(30)42(50)22-31(36(54)46-28(18-15-25(2)3)33(52)38(56)45-27-16-17-27)49(24-42)40(58)34(41(4,5)6)48-37(55)32(26-12-9-8-10-13-26)47-35(53)29-23-43-19-20-44-29/h19-20,23,25-28,30-32,34H,7-18,21-22,24H2,1-6H3,(H,45,56)(H,46,54)(H,47,53)(H,48,55)/t28?,30-,31+,32+,34-,42?/m1/s1. The van der Waals surface area contributed by atoms with Gasteiger partial charge in [-0.15, -0.1) is 0 Å². The van der Waals surface area contributed by atoms with Crippen LogP contribution in [0.4, 0.5) is 0 Å². The quantitative estimate of drug-likeness (QED) is 0.190. The molecule has 58 heavy (non-hydrogen) atoms. The Bertz CT molecular complexity index is 1720. The highest BCUT2D eigenvalue weighted by atomic mass is 16.2. The van der Waals surface area contributed by atoms with Gasteiger partial charge in [-0.05, 0) is 75.5 Å². The molecule has 0 radical (unpaired) electrons. The van der Waals surface area contributed by atoms with Gasteiger partial charge in [-0.2, -0.15) is 0 Å². The third-order valence-corrected chi connectivity index (χ3v) is 12.8. The maximum Gasteiger partial charge on any atom is 0.289 e. The average molecular weight is 806 g/mol. The first-order chi connectivity index (χ1) is 27.5. The van der Waals surface area contributed by atoms with Crippen LogP contribution in [0.2, 0.25) is 0 Å². The zero-order valence-corrected chi connectivity index (χ0v) is 35.1. The Balaban J connectivity index is 1.31. The summed E-state index contributed by atoms with van der Waals surface area (Å²) in [6.07, 6.45) is 12.4. The van der Waals surface area contributed by atoms with E-state index in [1.807, 2.05) is 41.5 Å². The van der Waals surface area contributed by atoms with Crippen molar-refractivity contribution < 1.29 is 33.6 Å². The number of hydrogen-bond donors (Lipinski definition) is 4. The summed E-state index contributed by atoms with van der Waals surface area (Å²) in [5, 5.41) is 11.6. The number of nitrogens with zero attached hydrogens (tertiary/aromatic N) is 5. The highest BCUT2D eigenvalue weighted by molar-refractivity contribution is 6.38. The number of aromatic nitrogens is 2. The van der Waals surface area contributed by atoms with Gasteiger partial charge in [-0.3, -0.25) is 43.4 Å². The van der Waals surface area contributed by atoms with Gasteiger partial charge in [0.25, 0.3) is 11.8 Å². The highest BCUT2D eigenvalue weighted by Gasteiger charge is 2.64. The SMILES string of the molecule is CCN1C(=O)[C@H]2CCCN2C12C[C@@H](C(=O)NC(CCC(C)C)C(=O)C(=O)NC1CC1)N(C(=O)[C@@H](NC(=O)[C@@H](NC(=O)c1cnccn1)C1CCCCC1)C(C)(C)C)C2. The maximum absolute atomic E-state index is 15.2. The molecule has 16 heteroatoms. The molecule has 1 aromatic rings. The minimum absolute atomic E-state index is 0.0185. The smallest absolute Gasteiger partial charge is 0.289 e. The van der Waals surface area contributed by atoms with Crippen molar-refractivity contribution in [2.24, 2.45) is 17.3 Å². The summed E-state index contributed by atoms with van der Waals surface area (Å²) in [6.45, 7) is 12.4. The molecule has 0 bridgehead atoms. The van der Waals surface area contributed by atoms with E-state index in [9.17, 15) is 28.8 Å². The van der Waals surface area contributed by atoms with E-state index < -0.39 is 70.6 Å². The van der Waals surface area contributed by atoms with Gasteiger partial charge in [0.05, 0.1) is 24.8 Å². The second-order valence-electron chi connectivity index (χ2n) is 18.5. The fourth-order valence-corrected chi connectivity index (χ4v) is 9.47. The normalized spacial score (nSPS) is 25.3. The molecule has 6 amide bonds. The van der Waals surface area contributed by atoms with E-state index in [4.69, 9.17) is 0 Å². The minimum Gasteiger partial charge on any atom is -0.347 e. The molecule has 6 rings (SSSR count). The number of carbonyl (C=O) groups is 7. The van der Waals surface area contributed by atoms with Crippen molar-refractivity contribution in [1.29, 1.82) is 0 Å². The predicted molar refractivity (Wildman–Crippen MR) is 213 cm³/mol. The van der Waals surface area contributed by atoms with Gasteiger partial charge in [-0.25, -0.2) is 4.98 Å². The molecule has 3 saturated heterocycles. The number of hydrogen-bond acceptors (Lipinski definition) is 10. The van der Waals surface area contributed by atoms with Crippen molar-refractivity contribution in [1.82, 2.24) is 45.9 Å². The van der Waals surface area contributed by atoms with Gasteiger partial charge < -0.3 is 31.1 Å². The summed E-state index contributed by atoms with van der Waals surface area (Å²) >= 11 is 0. The molecule has 2 unspecified atom stereocenters. The maximum atomic E-state index is 15.2. The molecule has 3 aliphatic heterocycles. The highest BCUT2D eigenvalue weighted by Crippen LogP contribution is 2.46. The van der Waals surface area contributed by atoms with Crippen molar-refractivity contribution in [2.45, 2.75) is 161 Å². The van der Waals surface area contributed by atoms with Crippen LogP contribution in [-0.2, 0) is 28.8 Å². The Labute approximate surface area is 341 Å². The lowest BCUT2D eigenvalue weighted by Gasteiger charge is -2.40. The largest absolute Gasteiger partial charge is 0.347 e. The van der Waals surface area contributed by atoms with E-state index in [0.717, 1.165) is 51.4 Å². The second-order valence-corrected chi connectivity index (χ2v) is 18.5. The molecule has 5 fully saturated rings. The molecule has 4 N–H and O–H groups in total. The molecule has 1 aromatic heterocycles. The second kappa shape index (κ2) is 17.8. The van der Waals surface area contributed by atoms with Crippen LogP contribution in [-0.4, -0.2) is 127 Å². The number of amides is 6. The van der Waals surface area contributed by atoms with Crippen LogP contribution in [0.1, 0.15) is 129 Å². The molecule has 1 spiro atoms. The van der Waals surface area contributed by atoms with Crippen molar-refractivity contribution in [3.8, 4) is 0 Å². The number of likely N-dealkylation sites (tertiary alicyclic amines) is 1. The molecule has 5 aliphatic rings. The third-order valence-electron chi connectivity index (χ3n) is 12.8. The first-order valence-electron chi connectivity index (χ1n) is 21.5. The fraction of sp³-hybridized carbons (Fsp3) is 0.738. The van der Waals surface area contributed by atoms with Gasteiger partial charge in [-0.1, -0.05) is 53.9 Å². The first-order valence-corrected chi connectivity index (χ1v) is 21.5. The summed E-state index contributed by atoms with van der Waals surface area (Å²) < 4.78 is 0. The number of fused-ring (bicyclic) bond motifs is 2. The monoisotopic (exact) mass is 805 g/mol. The van der Waals surface area contributed by atoms with E-state index >= 15 is 4.79 Å². The van der Waals surface area contributed by atoms with E-state index in [0.29, 0.717) is 25.9 Å². The molecule has 2 aliphatic carbocycles. The summed E-state index contributed by atoms with van der Waals surface area (Å²) in [7, 11) is 0. The molecular weight excluding hydrogens is 743 g/mol. The van der Waals surface area contributed by atoms with Crippen LogP contribution in [0.25, 0.3) is 0 Å². The number of rotatable bonds is 15. The fourth-order valence-electron chi connectivity index (χ4n) is 9.47. The van der Waals surface area contributed by atoms with Gasteiger partial charge in [0.15, 0.2) is 0 Å². The van der Waals surface area contributed by atoms with E-state index in [-0.39, 0.29) is 54.9 Å². The Morgan fingerprint density at radius 2 is 1.64 bits per heavy atom. The zero-order valence-electron chi connectivity index (χ0n) is 35.1. The molecular formula is C42H63N9O7. The Hall–Kier alpha value is -4.47. The van der Waals surface area contributed by atoms with Crippen LogP contribution < -0.4 is 21.3 Å². The molecule has 0 aromatic carbocycles. The van der Waals surface area contributed by atoms with Gasteiger partial charge in [0.1, 0.15) is 29.5 Å². The predicted octanol–water partition coefficient (Wildman–Crippen LogP) is 2.08.